The lowest BCUT2D eigenvalue weighted by atomic mass is 10.1. The largest absolute Gasteiger partial charge is 0.322 e. The van der Waals surface area contributed by atoms with Crippen molar-refractivity contribution in [1.82, 2.24) is 9.88 Å². The first-order valence-corrected chi connectivity index (χ1v) is 7.83. The Balaban J connectivity index is 1.78. The molecule has 2 heterocycles. The van der Waals surface area contributed by atoms with E-state index in [0.29, 0.717) is 15.7 Å². The molecule has 1 N–H and O–H groups in total. The molecule has 0 saturated carbocycles. The number of hydrogen-bond donors (Lipinski definition) is 1. The van der Waals surface area contributed by atoms with E-state index in [2.05, 4.69) is 10.3 Å². The minimum atomic E-state index is -0.163. The van der Waals surface area contributed by atoms with E-state index in [4.69, 9.17) is 23.2 Å². The molecule has 0 bridgehead atoms. The number of aromatic nitrogens is 1. The van der Waals surface area contributed by atoms with E-state index in [-0.39, 0.29) is 12.1 Å². The summed E-state index contributed by atoms with van der Waals surface area (Å²) in [5.74, 6) is 0. The van der Waals surface area contributed by atoms with E-state index in [9.17, 15) is 4.79 Å². The van der Waals surface area contributed by atoms with Gasteiger partial charge in [-0.05, 0) is 48.7 Å². The van der Waals surface area contributed by atoms with Gasteiger partial charge in [0.1, 0.15) is 0 Å². The number of halogens is 2. The van der Waals surface area contributed by atoms with Gasteiger partial charge in [-0.25, -0.2) is 4.79 Å². The summed E-state index contributed by atoms with van der Waals surface area (Å²) in [4.78, 5) is 18.4. The van der Waals surface area contributed by atoms with Crippen molar-refractivity contribution >= 4 is 34.9 Å². The molecule has 0 spiro atoms. The lowest BCUT2D eigenvalue weighted by Gasteiger charge is -2.25. The number of anilines is 1. The number of amides is 2. The highest BCUT2D eigenvalue weighted by molar-refractivity contribution is 6.35. The maximum atomic E-state index is 12.6. The molecule has 0 aliphatic carbocycles. The van der Waals surface area contributed by atoms with Crippen LogP contribution in [0.5, 0.6) is 0 Å². The predicted octanol–water partition coefficient (Wildman–Crippen LogP) is 4.76. The molecular formula is C16H15Cl2N3O. The quantitative estimate of drug-likeness (QED) is 0.860. The average Bonchev–Trinajstić information content (AvgIpc) is 3.01. The Bertz CT molecular complexity index is 678. The van der Waals surface area contributed by atoms with E-state index in [0.717, 1.165) is 24.9 Å². The molecule has 1 aromatic heterocycles. The molecule has 22 heavy (non-hydrogen) atoms. The highest BCUT2D eigenvalue weighted by Crippen LogP contribution is 2.33. The summed E-state index contributed by atoms with van der Waals surface area (Å²) >= 11 is 12.1. The Morgan fingerprint density at radius 1 is 1.23 bits per heavy atom. The molecule has 1 atom stereocenters. The molecule has 2 amide bonds. The lowest BCUT2D eigenvalue weighted by Crippen LogP contribution is -2.34. The minimum Gasteiger partial charge on any atom is -0.317 e. The van der Waals surface area contributed by atoms with E-state index in [1.807, 2.05) is 17.0 Å². The van der Waals surface area contributed by atoms with Gasteiger partial charge in [0.15, 0.2) is 0 Å². The van der Waals surface area contributed by atoms with Gasteiger partial charge in [-0.3, -0.25) is 4.98 Å². The zero-order chi connectivity index (χ0) is 15.5. The fraction of sp³-hybridized carbons (Fsp3) is 0.250. The zero-order valence-electron chi connectivity index (χ0n) is 11.8. The second-order valence-electron chi connectivity index (χ2n) is 5.19. The van der Waals surface area contributed by atoms with E-state index in [1.165, 1.54) is 0 Å². The van der Waals surface area contributed by atoms with Crippen LogP contribution in [0.25, 0.3) is 0 Å². The molecule has 1 saturated heterocycles. The molecule has 1 unspecified atom stereocenters. The summed E-state index contributed by atoms with van der Waals surface area (Å²) in [5.41, 5.74) is 1.62. The number of carbonyl (C=O) groups excluding carboxylic acids is 1. The summed E-state index contributed by atoms with van der Waals surface area (Å²) < 4.78 is 0. The van der Waals surface area contributed by atoms with Crippen molar-refractivity contribution in [2.75, 3.05) is 11.9 Å². The zero-order valence-corrected chi connectivity index (χ0v) is 13.3. The monoisotopic (exact) mass is 335 g/mol. The van der Waals surface area contributed by atoms with Gasteiger partial charge in [0.2, 0.25) is 0 Å². The van der Waals surface area contributed by atoms with Crippen LogP contribution in [0.4, 0.5) is 10.5 Å². The van der Waals surface area contributed by atoms with Gasteiger partial charge in [-0.2, -0.15) is 0 Å². The first-order chi connectivity index (χ1) is 10.6. The van der Waals surface area contributed by atoms with Crippen LogP contribution in [-0.2, 0) is 0 Å². The van der Waals surface area contributed by atoms with E-state index >= 15 is 0 Å². The van der Waals surface area contributed by atoms with Gasteiger partial charge in [-0.1, -0.05) is 23.2 Å². The molecule has 1 aromatic carbocycles. The smallest absolute Gasteiger partial charge is 0.317 e. The van der Waals surface area contributed by atoms with Crippen LogP contribution < -0.4 is 5.32 Å². The lowest BCUT2D eigenvalue weighted by molar-refractivity contribution is 0.207. The van der Waals surface area contributed by atoms with Crippen LogP contribution in [0.15, 0.2) is 42.7 Å². The van der Waals surface area contributed by atoms with Crippen molar-refractivity contribution in [3.63, 3.8) is 0 Å². The molecule has 4 nitrogen and oxygen atoms in total. The fourth-order valence-corrected chi connectivity index (χ4v) is 3.06. The molecule has 1 aliphatic heterocycles. The summed E-state index contributed by atoms with van der Waals surface area (Å²) in [6, 6.07) is 8.81. The van der Waals surface area contributed by atoms with Crippen LogP contribution in [0.2, 0.25) is 10.0 Å². The fourth-order valence-electron chi connectivity index (χ4n) is 2.72. The number of carbonyl (C=O) groups is 1. The summed E-state index contributed by atoms with van der Waals surface area (Å²) in [6.45, 7) is 0.719. The van der Waals surface area contributed by atoms with Crippen LogP contribution in [0.3, 0.4) is 0 Å². The standard InChI is InChI=1S/C16H15Cl2N3O/c17-12-3-4-13(18)14(10-12)20-16(22)21-9-1-2-15(21)11-5-7-19-8-6-11/h3-8,10,15H,1-2,9H2,(H,20,22). The first-order valence-electron chi connectivity index (χ1n) is 7.08. The molecule has 114 valence electrons. The third kappa shape index (κ3) is 3.18. The summed E-state index contributed by atoms with van der Waals surface area (Å²) in [7, 11) is 0. The van der Waals surface area contributed by atoms with Crippen molar-refractivity contribution in [3.8, 4) is 0 Å². The number of nitrogens with zero attached hydrogens (tertiary/aromatic N) is 2. The van der Waals surface area contributed by atoms with Crippen molar-refractivity contribution in [1.29, 1.82) is 0 Å². The second kappa shape index (κ2) is 6.55. The third-order valence-corrected chi connectivity index (χ3v) is 4.34. The van der Waals surface area contributed by atoms with E-state index < -0.39 is 0 Å². The van der Waals surface area contributed by atoms with Gasteiger partial charge >= 0.3 is 6.03 Å². The Morgan fingerprint density at radius 3 is 2.77 bits per heavy atom. The average molecular weight is 336 g/mol. The Labute approximate surface area is 139 Å². The number of nitrogens with one attached hydrogen (secondary N) is 1. The molecule has 2 aromatic rings. The van der Waals surface area contributed by atoms with Crippen molar-refractivity contribution in [2.24, 2.45) is 0 Å². The molecule has 6 heteroatoms. The number of rotatable bonds is 2. The Hall–Kier alpha value is -1.78. The number of likely N-dealkylation sites (tertiary alicyclic amines) is 1. The summed E-state index contributed by atoms with van der Waals surface area (Å²) in [5, 5.41) is 3.85. The van der Waals surface area contributed by atoms with Crippen molar-refractivity contribution in [3.05, 3.63) is 58.3 Å². The maximum absolute atomic E-state index is 12.6. The Morgan fingerprint density at radius 2 is 2.00 bits per heavy atom. The highest BCUT2D eigenvalue weighted by atomic mass is 35.5. The number of benzene rings is 1. The number of urea groups is 1. The molecule has 1 aliphatic rings. The van der Waals surface area contributed by atoms with Crippen LogP contribution in [0.1, 0.15) is 24.4 Å². The predicted molar refractivity (Wildman–Crippen MR) is 88.4 cm³/mol. The van der Waals surface area contributed by atoms with Crippen LogP contribution in [-0.4, -0.2) is 22.5 Å². The molecule has 0 radical (unpaired) electrons. The SMILES string of the molecule is O=C(Nc1cc(Cl)ccc1Cl)N1CCCC1c1ccncc1. The second-order valence-corrected chi connectivity index (χ2v) is 6.03. The number of hydrogen-bond acceptors (Lipinski definition) is 2. The third-order valence-electron chi connectivity index (χ3n) is 3.77. The topological polar surface area (TPSA) is 45.2 Å². The molecular weight excluding hydrogens is 321 g/mol. The molecule has 3 rings (SSSR count). The maximum Gasteiger partial charge on any atom is 0.322 e. The van der Waals surface area contributed by atoms with Crippen LogP contribution >= 0.6 is 23.2 Å². The first kappa shape index (κ1) is 15.1. The Kier molecular flexibility index (Phi) is 4.50. The van der Waals surface area contributed by atoms with Gasteiger partial charge in [0.05, 0.1) is 16.8 Å². The van der Waals surface area contributed by atoms with Gasteiger partial charge in [-0.15, -0.1) is 0 Å². The van der Waals surface area contributed by atoms with Gasteiger partial charge < -0.3 is 10.2 Å². The summed E-state index contributed by atoms with van der Waals surface area (Å²) in [6.07, 6.45) is 5.42. The molecule has 1 fully saturated rings. The van der Waals surface area contributed by atoms with Gasteiger partial charge in [0.25, 0.3) is 0 Å². The normalized spacial score (nSPS) is 17.5. The highest BCUT2D eigenvalue weighted by Gasteiger charge is 2.30. The van der Waals surface area contributed by atoms with Crippen molar-refractivity contribution < 1.29 is 4.79 Å². The van der Waals surface area contributed by atoms with E-state index in [1.54, 1.807) is 30.6 Å². The van der Waals surface area contributed by atoms with Crippen molar-refractivity contribution in [2.45, 2.75) is 18.9 Å². The van der Waals surface area contributed by atoms with Gasteiger partial charge in [0, 0.05) is 24.0 Å². The van der Waals surface area contributed by atoms with Crippen LogP contribution in [0, 0.1) is 0 Å². The minimum absolute atomic E-state index is 0.0703. The number of pyridine rings is 1.